The van der Waals surface area contributed by atoms with Crippen LogP contribution >= 0.6 is 0 Å². The third kappa shape index (κ3) is 4.14. The highest BCUT2D eigenvalue weighted by molar-refractivity contribution is 5.79. The zero-order valence-electron chi connectivity index (χ0n) is 15.3. The van der Waals surface area contributed by atoms with E-state index < -0.39 is 0 Å². The Balaban J connectivity index is 2.12. The molecule has 0 bridgehead atoms. The van der Waals surface area contributed by atoms with Crippen molar-refractivity contribution in [3.63, 3.8) is 0 Å². The maximum absolute atomic E-state index is 12.8. The van der Waals surface area contributed by atoms with Crippen LogP contribution in [0.15, 0.2) is 0 Å². The Hall–Kier alpha value is -1.36. The van der Waals surface area contributed by atoms with Crippen LogP contribution in [0.1, 0.15) is 50.6 Å². The zero-order valence-corrected chi connectivity index (χ0v) is 15.3. The van der Waals surface area contributed by atoms with Crippen LogP contribution < -0.4 is 5.73 Å². The van der Waals surface area contributed by atoms with Gasteiger partial charge in [0.25, 0.3) is 0 Å². The van der Waals surface area contributed by atoms with E-state index in [-0.39, 0.29) is 11.9 Å². The average molecular weight is 320 g/mol. The molecule has 23 heavy (non-hydrogen) atoms. The highest BCUT2D eigenvalue weighted by atomic mass is 16.2. The number of carbonyl (C=O) groups excluding carboxylic acids is 1. The summed E-state index contributed by atoms with van der Waals surface area (Å²) in [5, 5.41) is 4.62. The van der Waals surface area contributed by atoms with Crippen LogP contribution in [-0.2, 0) is 17.8 Å². The third-order valence-corrected chi connectivity index (χ3v) is 4.97. The molecule has 0 saturated carbocycles. The van der Waals surface area contributed by atoms with E-state index in [1.54, 1.807) is 0 Å². The van der Waals surface area contributed by atoms with E-state index in [2.05, 4.69) is 32.8 Å². The molecule has 1 aliphatic heterocycles. The molecule has 1 amide bonds. The highest BCUT2D eigenvalue weighted by Gasteiger charge is 2.29. The Bertz CT molecular complexity index is 549. The topological polar surface area (TPSA) is 64.2 Å². The predicted molar refractivity (Wildman–Crippen MR) is 93.2 cm³/mol. The van der Waals surface area contributed by atoms with Gasteiger partial charge >= 0.3 is 0 Å². The minimum atomic E-state index is 0.192. The Morgan fingerprint density at radius 3 is 2.70 bits per heavy atom. The van der Waals surface area contributed by atoms with Crippen molar-refractivity contribution in [2.24, 2.45) is 17.6 Å². The first-order valence-corrected chi connectivity index (χ1v) is 8.85. The number of nitrogens with zero attached hydrogens (tertiary/aromatic N) is 3. The Labute approximate surface area is 140 Å². The minimum absolute atomic E-state index is 0.192. The van der Waals surface area contributed by atoms with Crippen LogP contribution in [0.25, 0.3) is 0 Å². The van der Waals surface area contributed by atoms with E-state index in [4.69, 9.17) is 5.73 Å². The molecule has 0 radical (unpaired) electrons. The van der Waals surface area contributed by atoms with Gasteiger partial charge in [-0.3, -0.25) is 9.48 Å². The second-order valence-corrected chi connectivity index (χ2v) is 7.51. The summed E-state index contributed by atoms with van der Waals surface area (Å²) in [7, 11) is 0. The standard InChI is InChI=1S/C18H32N4O/c1-12(2)11-22-15(5)17(14(4)20-22)9-18(23)21-7-6-13(3)8-16(21)10-19/h12-13,16H,6-11,19H2,1-5H3. The molecule has 5 nitrogen and oxygen atoms in total. The summed E-state index contributed by atoms with van der Waals surface area (Å²) in [5.74, 6) is 1.40. The van der Waals surface area contributed by atoms with Crippen molar-refractivity contribution in [1.29, 1.82) is 0 Å². The highest BCUT2D eigenvalue weighted by Crippen LogP contribution is 2.24. The number of nitrogens with two attached hydrogens (primary N) is 1. The minimum Gasteiger partial charge on any atom is -0.338 e. The molecule has 2 unspecified atom stereocenters. The molecule has 5 heteroatoms. The summed E-state index contributed by atoms with van der Waals surface area (Å²) in [6.07, 6.45) is 2.54. The maximum atomic E-state index is 12.8. The number of carbonyl (C=O) groups is 1. The van der Waals surface area contributed by atoms with Crippen molar-refractivity contribution in [3.8, 4) is 0 Å². The lowest BCUT2D eigenvalue weighted by atomic mass is 9.92. The van der Waals surface area contributed by atoms with Crippen molar-refractivity contribution in [1.82, 2.24) is 14.7 Å². The van der Waals surface area contributed by atoms with E-state index in [0.717, 1.165) is 42.9 Å². The van der Waals surface area contributed by atoms with Gasteiger partial charge in [-0.25, -0.2) is 0 Å². The van der Waals surface area contributed by atoms with Gasteiger partial charge < -0.3 is 10.6 Å². The van der Waals surface area contributed by atoms with Crippen LogP contribution in [0.5, 0.6) is 0 Å². The third-order valence-electron chi connectivity index (χ3n) is 4.97. The number of hydrogen-bond acceptors (Lipinski definition) is 3. The summed E-state index contributed by atoms with van der Waals surface area (Å²) in [6, 6.07) is 0.192. The Morgan fingerprint density at radius 2 is 2.09 bits per heavy atom. The predicted octanol–water partition coefficient (Wildman–Crippen LogP) is 2.28. The number of aromatic nitrogens is 2. The number of likely N-dealkylation sites (tertiary alicyclic amines) is 1. The molecular formula is C18H32N4O. The summed E-state index contributed by atoms with van der Waals surface area (Å²) < 4.78 is 2.04. The lowest BCUT2D eigenvalue weighted by Gasteiger charge is -2.38. The number of amides is 1. The lowest BCUT2D eigenvalue weighted by Crippen LogP contribution is -2.49. The largest absolute Gasteiger partial charge is 0.338 e. The molecule has 1 aliphatic rings. The maximum Gasteiger partial charge on any atom is 0.227 e. The van der Waals surface area contributed by atoms with Gasteiger partial charge in [0.15, 0.2) is 0 Å². The van der Waals surface area contributed by atoms with E-state index in [1.165, 1.54) is 0 Å². The summed E-state index contributed by atoms with van der Waals surface area (Å²) >= 11 is 0. The summed E-state index contributed by atoms with van der Waals surface area (Å²) in [6.45, 7) is 13.0. The molecule has 0 aromatic carbocycles. The number of hydrogen-bond donors (Lipinski definition) is 1. The van der Waals surface area contributed by atoms with E-state index in [0.29, 0.717) is 24.8 Å². The van der Waals surface area contributed by atoms with Crippen molar-refractivity contribution in [2.45, 2.75) is 66.5 Å². The van der Waals surface area contributed by atoms with Gasteiger partial charge in [0.2, 0.25) is 5.91 Å². The van der Waals surface area contributed by atoms with Crippen LogP contribution in [0, 0.1) is 25.7 Å². The fourth-order valence-corrected chi connectivity index (χ4v) is 3.57. The number of aryl methyl sites for hydroxylation is 1. The number of piperidine rings is 1. The van der Waals surface area contributed by atoms with Crippen LogP contribution in [0.2, 0.25) is 0 Å². The fourth-order valence-electron chi connectivity index (χ4n) is 3.57. The van der Waals surface area contributed by atoms with Crippen LogP contribution in [0.4, 0.5) is 0 Å². The molecule has 2 rings (SSSR count). The normalized spacial score (nSPS) is 22.0. The van der Waals surface area contributed by atoms with Gasteiger partial charge in [-0.15, -0.1) is 0 Å². The van der Waals surface area contributed by atoms with E-state index in [1.807, 2.05) is 16.5 Å². The molecule has 1 aromatic rings. The first-order valence-electron chi connectivity index (χ1n) is 8.85. The molecule has 0 spiro atoms. The van der Waals surface area contributed by atoms with Crippen molar-refractivity contribution in [3.05, 3.63) is 17.0 Å². The quantitative estimate of drug-likeness (QED) is 0.905. The monoisotopic (exact) mass is 320 g/mol. The smallest absolute Gasteiger partial charge is 0.227 e. The second kappa shape index (κ2) is 7.47. The molecular weight excluding hydrogens is 288 g/mol. The first kappa shape index (κ1) is 18.0. The molecule has 130 valence electrons. The van der Waals surface area contributed by atoms with Crippen molar-refractivity contribution < 1.29 is 4.79 Å². The summed E-state index contributed by atoms with van der Waals surface area (Å²) in [5.41, 5.74) is 9.09. The Morgan fingerprint density at radius 1 is 1.39 bits per heavy atom. The van der Waals surface area contributed by atoms with Gasteiger partial charge in [-0.2, -0.15) is 5.10 Å². The van der Waals surface area contributed by atoms with Gasteiger partial charge in [0, 0.05) is 36.9 Å². The SMILES string of the molecule is Cc1nn(CC(C)C)c(C)c1CC(=O)N1CCC(C)CC1CN. The van der Waals surface area contributed by atoms with Gasteiger partial charge in [0.1, 0.15) is 0 Å². The molecule has 0 aliphatic carbocycles. The number of rotatable bonds is 5. The van der Waals surface area contributed by atoms with Crippen molar-refractivity contribution in [2.75, 3.05) is 13.1 Å². The average Bonchev–Trinajstić information content (AvgIpc) is 2.73. The molecule has 2 atom stereocenters. The van der Waals surface area contributed by atoms with Gasteiger partial charge in [0.05, 0.1) is 12.1 Å². The molecule has 2 heterocycles. The van der Waals surface area contributed by atoms with Gasteiger partial charge in [-0.05, 0) is 38.5 Å². The molecule has 1 fully saturated rings. The molecule has 1 saturated heterocycles. The second-order valence-electron chi connectivity index (χ2n) is 7.51. The first-order chi connectivity index (χ1) is 10.8. The summed E-state index contributed by atoms with van der Waals surface area (Å²) in [4.78, 5) is 14.8. The van der Waals surface area contributed by atoms with Crippen LogP contribution in [-0.4, -0.2) is 39.7 Å². The van der Waals surface area contributed by atoms with E-state index in [9.17, 15) is 4.79 Å². The molecule has 1 aromatic heterocycles. The molecule has 2 N–H and O–H groups in total. The van der Waals surface area contributed by atoms with Crippen molar-refractivity contribution >= 4 is 5.91 Å². The zero-order chi connectivity index (χ0) is 17.1. The lowest BCUT2D eigenvalue weighted by molar-refractivity contribution is -0.134. The Kier molecular flexibility index (Phi) is 5.84. The van der Waals surface area contributed by atoms with E-state index >= 15 is 0 Å². The van der Waals surface area contributed by atoms with Crippen LogP contribution in [0.3, 0.4) is 0 Å². The van der Waals surface area contributed by atoms with Gasteiger partial charge in [-0.1, -0.05) is 20.8 Å². The fraction of sp³-hybridized carbons (Fsp3) is 0.778.